The van der Waals surface area contributed by atoms with Crippen molar-refractivity contribution in [1.29, 1.82) is 0 Å². The van der Waals surface area contributed by atoms with E-state index >= 15 is 0 Å². The number of rotatable bonds is 5. The van der Waals surface area contributed by atoms with Crippen LogP contribution in [0.3, 0.4) is 0 Å². The topological polar surface area (TPSA) is 92.5 Å². The molecule has 2 aromatic carbocycles. The number of nitrogens with two attached hydrogens (primary N) is 1. The first-order valence-electron chi connectivity index (χ1n) is 8.57. The Morgan fingerprint density at radius 1 is 1.08 bits per heavy atom. The van der Waals surface area contributed by atoms with E-state index in [9.17, 15) is 13.2 Å². The minimum Gasteiger partial charge on any atom is -0.370 e. The van der Waals surface area contributed by atoms with Gasteiger partial charge >= 0.3 is 0 Å². The monoisotopic (exact) mass is 373 g/mol. The zero-order valence-corrected chi connectivity index (χ0v) is 15.8. The van der Waals surface area contributed by atoms with Gasteiger partial charge in [-0.05, 0) is 56.5 Å². The second-order valence-corrected chi connectivity index (χ2v) is 8.32. The Morgan fingerprint density at radius 3 is 2.38 bits per heavy atom. The van der Waals surface area contributed by atoms with E-state index in [0.717, 1.165) is 37.2 Å². The van der Waals surface area contributed by atoms with Crippen LogP contribution in [0.5, 0.6) is 0 Å². The lowest BCUT2D eigenvalue weighted by Gasteiger charge is -2.22. The van der Waals surface area contributed by atoms with Crippen molar-refractivity contribution in [1.82, 2.24) is 0 Å². The molecule has 1 saturated heterocycles. The summed E-state index contributed by atoms with van der Waals surface area (Å²) in [6, 6.07) is 10.1. The predicted octanol–water partition coefficient (Wildman–Crippen LogP) is 2.80. The van der Waals surface area contributed by atoms with Crippen molar-refractivity contribution < 1.29 is 13.2 Å². The third kappa shape index (κ3) is 3.67. The Hall–Kier alpha value is -2.54. The van der Waals surface area contributed by atoms with Crippen LogP contribution in [0.2, 0.25) is 0 Å². The van der Waals surface area contributed by atoms with Crippen molar-refractivity contribution >= 4 is 27.3 Å². The molecule has 0 unspecified atom stereocenters. The summed E-state index contributed by atoms with van der Waals surface area (Å²) in [5, 5.41) is 0. The van der Waals surface area contributed by atoms with Gasteiger partial charge in [0.05, 0.1) is 16.3 Å². The van der Waals surface area contributed by atoms with E-state index in [-0.39, 0.29) is 10.5 Å². The first-order chi connectivity index (χ1) is 12.3. The van der Waals surface area contributed by atoms with Gasteiger partial charge < -0.3 is 10.6 Å². The minimum absolute atomic E-state index is 0.222. The summed E-state index contributed by atoms with van der Waals surface area (Å²) in [7, 11) is -3.78. The minimum atomic E-state index is -3.78. The van der Waals surface area contributed by atoms with E-state index in [0.29, 0.717) is 11.3 Å². The Labute approximate surface area is 154 Å². The highest BCUT2D eigenvalue weighted by Crippen LogP contribution is 2.32. The number of sulfonamides is 1. The van der Waals surface area contributed by atoms with Crippen LogP contribution in [0.1, 0.15) is 34.3 Å². The molecule has 2 aromatic rings. The first-order valence-corrected chi connectivity index (χ1v) is 10.0. The Bertz CT molecular complexity index is 948. The molecule has 6 nitrogen and oxygen atoms in total. The van der Waals surface area contributed by atoms with Crippen LogP contribution in [0.15, 0.2) is 41.3 Å². The lowest BCUT2D eigenvalue weighted by molar-refractivity contribution is 0.100. The van der Waals surface area contributed by atoms with Crippen molar-refractivity contribution in [3.63, 3.8) is 0 Å². The smallest absolute Gasteiger partial charge is 0.262 e. The van der Waals surface area contributed by atoms with E-state index in [1.165, 1.54) is 6.07 Å². The van der Waals surface area contributed by atoms with Crippen LogP contribution in [0, 0.1) is 13.8 Å². The van der Waals surface area contributed by atoms with Crippen molar-refractivity contribution in [2.45, 2.75) is 31.6 Å². The van der Waals surface area contributed by atoms with Gasteiger partial charge in [-0.3, -0.25) is 9.52 Å². The number of hydrogen-bond acceptors (Lipinski definition) is 4. The number of aryl methyl sites for hydroxylation is 2. The summed E-state index contributed by atoms with van der Waals surface area (Å²) in [6.07, 6.45) is 2.11. The van der Waals surface area contributed by atoms with Gasteiger partial charge in [0.2, 0.25) is 5.91 Å². The summed E-state index contributed by atoms with van der Waals surface area (Å²) < 4.78 is 28.5. The average molecular weight is 373 g/mol. The number of amides is 1. The Morgan fingerprint density at radius 2 is 1.77 bits per heavy atom. The molecular weight excluding hydrogens is 350 g/mol. The van der Waals surface area contributed by atoms with Crippen LogP contribution in [0.25, 0.3) is 0 Å². The van der Waals surface area contributed by atoms with Crippen LogP contribution in [-0.4, -0.2) is 27.4 Å². The zero-order chi connectivity index (χ0) is 18.9. The fourth-order valence-corrected chi connectivity index (χ4v) is 4.60. The molecule has 7 heteroatoms. The van der Waals surface area contributed by atoms with E-state index < -0.39 is 15.9 Å². The number of nitrogens with one attached hydrogen (secondary N) is 1. The number of nitrogens with zero attached hydrogens (tertiary/aromatic N) is 1. The Kier molecular flexibility index (Phi) is 4.91. The van der Waals surface area contributed by atoms with Gasteiger partial charge in [0.15, 0.2) is 0 Å². The largest absolute Gasteiger partial charge is 0.370 e. The predicted molar refractivity (Wildman–Crippen MR) is 103 cm³/mol. The highest BCUT2D eigenvalue weighted by molar-refractivity contribution is 7.92. The second kappa shape index (κ2) is 6.99. The van der Waals surface area contributed by atoms with E-state index in [1.54, 1.807) is 31.2 Å². The number of anilines is 2. The van der Waals surface area contributed by atoms with Crippen LogP contribution in [-0.2, 0) is 10.0 Å². The summed E-state index contributed by atoms with van der Waals surface area (Å²) in [6.45, 7) is 5.39. The molecule has 26 heavy (non-hydrogen) atoms. The SMILES string of the molecule is Cc1ccc(S(=O)(=O)Nc2cc(C(N)=O)ccc2N2CCCC2)c(C)c1. The summed E-state index contributed by atoms with van der Waals surface area (Å²) >= 11 is 0. The second-order valence-electron chi connectivity index (χ2n) is 6.66. The third-order valence-electron chi connectivity index (χ3n) is 4.59. The number of primary amides is 1. The molecule has 0 spiro atoms. The van der Waals surface area contributed by atoms with Gasteiger partial charge in [0.1, 0.15) is 0 Å². The number of carbonyl (C=O) groups is 1. The van der Waals surface area contributed by atoms with E-state index in [1.807, 2.05) is 13.0 Å². The lowest BCUT2D eigenvalue weighted by atomic mass is 10.1. The maximum absolute atomic E-state index is 12.9. The number of hydrogen-bond donors (Lipinski definition) is 2. The molecule has 0 radical (unpaired) electrons. The molecule has 0 atom stereocenters. The summed E-state index contributed by atoms with van der Waals surface area (Å²) in [5.41, 5.74) is 8.45. The molecule has 1 fully saturated rings. The van der Waals surface area contributed by atoms with Gasteiger partial charge in [0.25, 0.3) is 10.0 Å². The van der Waals surface area contributed by atoms with Crippen molar-refractivity contribution in [2.24, 2.45) is 5.73 Å². The molecule has 1 amide bonds. The van der Waals surface area contributed by atoms with Crippen LogP contribution >= 0.6 is 0 Å². The standard InChI is InChI=1S/C19H23N3O3S/c1-13-5-8-18(14(2)11-13)26(24,25)21-16-12-15(19(20)23)6-7-17(16)22-9-3-4-10-22/h5-8,11-12,21H,3-4,9-10H2,1-2H3,(H2,20,23). The molecule has 1 heterocycles. The van der Waals surface area contributed by atoms with Crippen LogP contribution < -0.4 is 15.4 Å². The summed E-state index contributed by atoms with van der Waals surface area (Å²) in [5.74, 6) is -0.593. The fourth-order valence-electron chi connectivity index (χ4n) is 3.31. The van der Waals surface area contributed by atoms with Gasteiger partial charge in [-0.25, -0.2) is 8.42 Å². The molecule has 3 rings (SSSR count). The van der Waals surface area contributed by atoms with Gasteiger partial charge in [0, 0.05) is 18.7 Å². The highest BCUT2D eigenvalue weighted by atomic mass is 32.2. The van der Waals surface area contributed by atoms with Gasteiger partial charge in [-0.1, -0.05) is 17.7 Å². The molecule has 0 aromatic heterocycles. The normalized spacial score (nSPS) is 14.5. The number of benzene rings is 2. The highest BCUT2D eigenvalue weighted by Gasteiger charge is 2.22. The van der Waals surface area contributed by atoms with E-state index in [2.05, 4.69) is 9.62 Å². The maximum Gasteiger partial charge on any atom is 0.262 e. The van der Waals surface area contributed by atoms with Crippen molar-refractivity contribution in [3.05, 3.63) is 53.1 Å². The molecule has 1 aliphatic rings. The molecule has 138 valence electrons. The number of carbonyl (C=O) groups excluding carboxylic acids is 1. The Balaban J connectivity index is 2.03. The quantitative estimate of drug-likeness (QED) is 0.843. The third-order valence-corrected chi connectivity index (χ3v) is 6.12. The molecule has 0 saturated carbocycles. The van der Waals surface area contributed by atoms with Gasteiger partial charge in [-0.15, -0.1) is 0 Å². The van der Waals surface area contributed by atoms with Crippen molar-refractivity contribution in [3.8, 4) is 0 Å². The fraction of sp³-hybridized carbons (Fsp3) is 0.316. The van der Waals surface area contributed by atoms with Crippen molar-refractivity contribution in [2.75, 3.05) is 22.7 Å². The lowest BCUT2D eigenvalue weighted by Crippen LogP contribution is -2.22. The molecule has 1 aliphatic heterocycles. The average Bonchev–Trinajstić information content (AvgIpc) is 3.08. The molecule has 3 N–H and O–H groups in total. The first kappa shape index (κ1) is 18.3. The maximum atomic E-state index is 12.9. The van der Waals surface area contributed by atoms with E-state index in [4.69, 9.17) is 5.73 Å². The van der Waals surface area contributed by atoms with Crippen LogP contribution in [0.4, 0.5) is 11.4 Å². The molecular formula is C19H23N3O3S. The molecule has 0 bridgehead atoms. The zero-order valence-electron chi connectivity index (χ0n) is 15.0. The molecule has 0 aliphatic carbocycles. The summed E-state index contributed by atoms with van der Waals surface area (Å²) in [4.78, 5) is 13.9. The van der Waals surface area contributed by atoms with Gasteiger partial charge in [-0.2, -0.15) is 0 Å².